The van der Waals surface area contributed by atoms with Crippen molar-refractivity contribution >= 4 is 33.0 Å². The van der Waals surface area contributed by atoms with Crippen molar-refractivity contribution in [2.24, 2.45) is 11.8 Å². The lowest BCUT2D eigenvalue weighted by Gasteiger charge is -2.32. The molecule has 4 nitrogen and oxygen atoms in total. The van der Waals surface area contributed by atoms with E-state index in [4.69, 9.17) is 11.6 Å². The number of nitrogens with one attached hydrogen (secondary N) is 2. The standard InChI is InChI=1S/C14H23ClN2O2S2/c1-11-8-12(2)10-17(9-11)7-3-6-16-21(18,19)14-5-4-13(15)20-14/h4-5,11-12,16H,3,6-10H2,1-2H3/p+1. The van der Waals surface area contributed by atoms with Crippen molar-refractivity contribution in [2.45, 2.75) is 30.9 Å². The smallest absolute Gasteiger partial charge is 0.250 e. The molecular weight excluding hydrogens is 328 g/mol. The van der Waals surface area contributed by atoms with E-state index in [1.807, 2.05) is 0 Å². The van der Waals surface area contributed by atoms with Crippen LogP contribution in [0.2, 0.25) is 4.34 Å². The third-order valence-electron chi connectivity index (χ3n) is 3.89. The minimum atomic E-state index is -3.39. The highest BCUT2D eigenvalue weighted by molar-refractivity contribution is 7.91. The summed E-state index contributed by atoms with van der Waals surface area (Å²) in [5, 5.41) is 0. The van der Waals surface area contributed by atoms with Gasteiger partial charge in [-0.25, -0.2) is 13.1 Å². The molecule has 1 fully saturated rings. The molecule has 1 aromatic rings. The third-order valence-corrected chi connectivity index (χ3v) is 7.08. The van der Waals surface area contributed by atoms with Gasteiger partial charge in [0.25, 0.3) is 0 Å². The van der Waals surface area contributed by atoms with Gasteiger partial charge >= 0.3 is 0 Å². The van der Waals surface area contributed by atoms with E-state index < -0.39 is 10.0 Å². The fraction of sp³-hybridized carbons (Fsp3) is 0.714. The topological polar surface area (TPSA) is 50.6 Å². The van der Waals surface area contributed by atoms with Gasteiger partial charge in [0.05, 0.1) is 24.0 Å². The zero-order valence-electron chi connectivity index (χ0n) is 12.6. The Bertz CT molecular complexity index is 549. The number of rotatable bonds is 6. The highest BCUT2D eigenvalue weighted by Gasteiger charge is 2.24. The van der Waals surface area contributed by atoms with Crippen molar-refractivity contribution in [1.82, 2.24) is 4.72 Å². The molecule has 1 aliphatic heterocycles. The van der Waals surface area contributed by atoms with E-state index in [-0.39, 0.29) is 0 Å². The minimum Gasteiger partial charge on any atom is -0.334 e. The Labute approximate surface area is 136 Å². The van der Waals surface area contributed by atoms with Gasteiger partial charge in [-0.15, -0.1) is 11.3 Å². The predicted molar refractivity (Wildman–Crippen MR) is 87.6 cm³/mol. The van der Waals surface area contributed by atoms with Crippen LogP contribution in [0.15, 0.2) is 16.3 Å². The molecule has 1 aliphatic rings. The molecule has 2 heterocycles. The summed E-state index contributed by atoms with van der Waals surface area (Å²) < 4.78 is 27.5. The molecule has 2 rings (SSSR count). The lowest BCUT2D eigenvalue weighted by molar-refractivity contribution is -0.912. The summed E-state index contributed by atoms with van der Waals surface area (Å²) in [5.74, 6) is 1.54. The van der Waals surface area contributed by atoms with Gasteiger partial charge in [0, 0.05) is 24.8 Å². The second-order valence-corrected chi connectivity index (χ2v) is 9.87. The maximum Gasteiger partial charge on any atom is 0.250 e. The van der Waals surface area contributed by atoms with E-state index in [0.29, 0.717) is 15.1 Å². The van der Waals surface area contributed by atoms with Crippen LogP contribution in [-0.4, -0.2) is 34.6 Å². The van der Waals surface area contributed by atoms with Crippen LogP contribution in [0.3, 0.4) is 0 Å². The summed E-state index contributed by atoms with van der Waals surface area (Å²) in [7, 11) is -3.39. The van der Waals surface area contributed by atoms with E-state index in [1.165, 1.54) is 19.5 Å². The van der Waals surface area contributed by atoms with Gasteiger partial charge in [0.2, 0.25) is 10.0 Å². The molecule has 1 saturated heterocycles. The second-order valence-electron chi connectivity index (χ2n) is 6.16. The van der Waals surface area contributed by atoms with Gasteiger partial charge in [0.15, 0.2) is 0 Å². The molecular formula is C14H24ClN2O2S2+. The summed E-state index contributed by atoms with van der Waals surface area (Å²) in [6, 6.07) is 3.16. The van der Waals surface area contributed by atoms with Crippen LogP contribution in [0.1, 0.15) is 26.7 Å². The van der Waals surface area contributed by atoms with Crippen LogP contribution in [0.5, 0.6) is 0 Å². The van der Waals surface area contributed by atoms with Crippen molar-refractivity contribution in [3.8, 4) is 0 Å². The van der Waals surface area contributed by atoms with E-state index in [2.05, 4.69) is 18.6 Å². The quantitative estimate of drug-likeness (QED) is 0.765. The summed E-state index contributed by atoms with van der Waals surface area (Å²) >= 11 is 6.87. The number of likely N-dealkylation sites (tertiary alicyclic amines) is 1. The molecule has 0 spiro atoms. The fourth-order valence-corrected chi connectivity index (χ4v) is 5.79. The summed E-state index contributed by atoms with van der Waals surface area (Å²) in [6.45, 7) is 8.54. The normalized spacial score (nSPS) is 26.9. The largest absolute Gasteiger partial charge is 0.334 e. The molecule has 0 saturated carbocycles. The number of quaternary nitrogens is 1. The van der Waals surface area contributed by atoms with Crippen LogP contribution in [0, 0.1) is 11.8 Å². The van der Waals surface area contributed by atoms with E-state index in [1.54, 1.807) is 17.0 Å². The summed E-state index contributed by atoms with van der Waals surface area (Å²) in [6.07, 6.45) is 2.18. The lowest BCUT2D eigenvalue weighted by atomic mass is 9.92. The number of thiophene rings is 1. The van der Waals surface area contributed by atoms with Crippen molar-refractivity contribution < 1.29 is 13.3 Å². The SMILES string of the molecule is CC1CC(C)C[NH+](CCCNS(=O)(=O)c2ccc(Cl)s2)C1. The molecule has 0 radical (unpaired) electrons. The lowest BCUT2D eigenvalue weighted by Crippen LogP contribution is -3.14. The zero-order chi connectivity index (χ0) is 15.5. The van der Waals surface area contributed by atoms with Gasteiger partial charge in [-0.3, -0.25) is 0 Å². The molecule has 0 aliphatic carbocycles. The molecule has 7 heteroatoms. The van der Waals surface area contributed by atoms with Crippen molar-refractivity contribution in [2.75, 3.05) is 26.2 Å². The van der Waals surface area contributed by atoms with Gasteiger partial charge in [-0.2, -0.15) is 0 Å². The van der Waals surface area contributed by atoms with Crippen LogP contribution in [0.4, 0.5) is 0 Å². The fourth-order valence-electron chi connectivity index (χ4n) is 3.18. The molecule has 120 valence electrons. The summed E-state index contributed by atoms with van der Waals surface area (Å²) in [4.78, 5) is 1.60. The molecule has 0 amide bonds. The molecule has 0 aromatic carbocycles. The van der Waals surface area contributed by atoms with Crippen molar-refractivity contribution in [1.29, 1.82) is 0 Å². The number of hydrogen-bond donors (Lipinski definition) is 2. The Balaban J connectivity index is 1.74. The molecule has 0 bridgehead atoms. The van der Waals surface area contributed by atoms with Crippen LogP contribution < -0.4 is 9.62 Å². The molecule has 21 heavy (non-hydrogen) atoms. The van der Waals surface area contributed by atoms with E-state index in [0.717, 1.165) is 36.1 Å². The summed E-state index contributed by atoms with van der Waals surface area (Å²) in [5.41, 5.74) is 0. The number of halogens is 1. The van der Waals surface area contributed by atoms with Crippen molar-refractivity contribution in [3.63, 3.8) is 0 Å². The Morgan fingerprint density at radius 3 is 2.57 bits per heavy atom. The molecule has 2 unspecified atom stereocenters. The average molecular weight is 352 g/mol. The first kappa shape index (κ1) is 17.2. The maximum atomic E-state index is 12.0. The Morgan fingerprint density at radius 1 is 1.33 bits per heavy atom. The zero-order valence-corrected chi connectivity index (χ0v) is 15.0. The second kappa shape index (κ2) is 7.42. The van der Waals surface area contributed by atoms with Gasteiger partial charge in [-0.1, -0.05) is 25.4 Å². The predicted octanol–water partition coefficient (Wildman–Crippen LogP) is 1.63. The first-order chi connectivity index (χ1) is 9.87. The van der Waals surface area contributed by atoms with Gasteiger partial charge in [0.1, 0.15) is 4.21 Å². The number of hydrogen-bond acceptors (Lipinski definition) is 3. The first-order valence-electron chi connectivity index (χ1n) is 7.45. The maximum absolute atomic E-state index is 12.0. The third kappa shape index (κ3) is 5.21. The minimum absolute atomic E-state index is 0.292. The van der Waals surface area contributed by atoms with Gasteiger partial charge < -0.3 is 4.90 Å². The number of piperidine rings is 1. The van der Waals surface area contributed by atoms with Gasteiger partial charge in [-0.05, 0) is 18.6 Å². The Hall–Kier alpha value is -0.140. The van der Waals surface area contributed by atoms with E-state index in [9.17, 15) is 8.42 Å². The molecule has 1 aromatic heterocycles. The monoisotopic (exact) mass is 351 g/mol. The Kier molecular flexibility index (Phi) is 6.08. The number of sulfonamides is 1. The van der Waals surface area contributed by atoms with Crippen molar-refractivity contribution in [3.05, 3.63) is 16.5 Å². The van der Waals surface area contributed by atoms with E-state index >= 15 is 0 Å². The highest BCUT2D eigenvalue weighted by atomic mass is 35.5. The van der Waals surface area contributed by atoms with Crippen LogP contribution in [-0.2, 0) is 10.0 Å². The first-order valence-corrected chi connectivity index (χ1v) is 10.1. The Morgan fingerprint density at radius 2 is 2.00 bits per heavy atom. The van der Waals surface area contributed by atoms with Crippen LogP contribution in [0.25, 0.3) is 0 Å². The average Bonchev–Trinajstić information content (AvgIpc) is 2.81. The van der Waals surface area contributed by atoms with Crippen LogP contribution >= 0.6 is 22.9 Å². The highest BCUT2D eigenvalue weighted by Crippen LogP contribution is 2.25. The molecule has 2 N–H and O–H groups in total. The molecule has 2 atom stereocenters.